The summed E-state index contributed by atoms with van der Waals surface area (Å²) in [4.78, 5) is 14.2. The quantitative estimate of drug-likeness (QED) is 0.783. The summed E-state index contributed by atoms with van der Waals surface area (Å²) < 4.78 is 31.5. The summed E-state index contributed by atoms with van der Waals surface area (Å²) in [5.41, 5.74) is -0.512. The van der Waals surface area contributed by atoms with Crippen LogP contribution in [0.15, 0.2) is 24.3 Å². The molecule has 0 N–H and O–H groups in total. The van der Waals surface area contributed by atoms with E-state index in [1.807, 2.05) is 0 Å². The Kier molecular flexibility index (Phi) is 4.22. The molecule has 6 heteroatoms. The molecule has 4 nitrogen and oxygen atoms in total. The lowest BCUT2D eigenvalue weighted by atomic mass is 9.84. The second-order valence-corrected chi connectivity index (χ2v) is 7.88. The minimum absolute atomic E-state index is 0.0604. The van der Waals surface area contributed by atoms with E-state index in [0.29, 0.717) is 12.1 Å². The van der Waals surface area contributed by atoms with E-state index >= 15 is 0 Å². The molecule has 1 aromatic rings. The van der Waals surface area contributed by atoms with E-state index in [2.05, 4.69) is 6.07 Å². The van der Waals surface area contributed by atoms with Gasteiger partial charge in [0.25, 0.3) is 6.43 Å². The summed E-state index contributed by atoms with van der Waals surface area (Å²) in [7, 11) is 0. The Labute approximate surface area is 146 Å². The third-order valence-corrected chi connectivity index (χ3v) is 5.00. The Morgan fingerprint density at radius 1 is 1.40 bits per heavy atom. The predicted octanol–water partition coefficient (Wildman–Crippen LogP) is 4.63. The SMILES string of the molecule is CC(C)(C)OC(=O)N1CC(c2cccc(C(F)F)c2)[C@H](C#N)C12CC2. The molecule has 0 bridgehead atoms. The smallest absolute Gasteiger partial charge is 0.410 e. The van der Waals surface area contributed by atoms with Crippen LogP contribution < -0.4 is 0 Å². The van der Waals surface area contributed by atoms with Gasteiger partial charge in [-0.25, -0.2) is 13.6 Å². The van der Waals surface area contributed by atoms with Crippen molar-refractivity contribution in [3.63, 3.8) is 0 Å². The van der Waals surface area contributed by atoms with Crippen molar-refractivity contribution >= 4 is 6.09 Å². The second-order valence-electron chi connectivity index (χ2n) is 7.88. The van der Waals surface area contributed by atoms with E-state index in [0.717, 1.165) is 12.8 Å². The molecule has 134 valence electrons. The number of carbonyl (C=O) groups is 1. The van der Waals surface area contributed by atoms with Gasteiger partial charge in [0.2, 0.25) is 0 Å². The molecule has 1 saturated carbocycles. The van der Waals surface area contributed by atoms with E-state index in [-0.39, 0.29) is 11.5 Å². The van der Waals surface area contributed by atoms with Crippen LogP contribution in [0.25, 0.3) is 0 Å². The summed E-state index contributed by atoms with van der Waals surface area (Å²) in [6, 6.07) is 8.50. The molecule has 1 aliphatic heterocycles. The Morgan fingerprint density at radius 3 is 2.60 bits per heavy atom. The number of nitriles is 1. The molecule has 1 unspecified atom stereocenters. The van der Waals surface area contributed by atoms with Crippen LogP contribution in [0.3, 0.4) is 0 Å². The number of alkyl halides is 2. The summed E-state index contributed by atoms with van der Waals surface area (Å²) in [5.74, 6) is -0.688. The number of benzene rings is 1. The standard InChI is InChI=1S/C19H22F2N2O2/c1-18(2,3)25-17(24)23-11-14(15(10-22)19(23)7-8-19)12-5-4-6-13(9-12)16(20)21/h4-6,9,14-16H,7-8,11H2,1-3H3/t14?,15-/m0/s1. The molecule has 0 aromatic heterocycles. The van der Waals surface area contributed by atoms with Crippen LogP contribution >= 0.6 is 0 Å². The number of nitrogens with zero attached hydrogens (tertiary/aromatic N) is 2. The van der Waals surface area contributed by atoms with E-state index in [1.165, 1.54) is 12.1 Å². The van der Waals surface area contributed by atoms with Crippen LogP contribution in [0.2, 0.25) is 0 Å². The third kappa shape index (κ3) is 3.20. The maximum absolute atomic E-state index is 13.0. The number of hydrogen-bond acceptors (Lipinski definition) is 3. The Hall–Kier alpha value is -2.16. The van der Waals surface area contributed by atoms with Gasteiger partial charge in [-0.2, -0.15) is 5.26 Å². The Morgan fingerprint density at radius 2 is 2.08 bits per heavy atom. The number of carbonyl (C=O) groups excluding carboxylic acids is 1. The van der Waals surface area contributed by atoms with Crippen molar-refractivity contribution in [2.45, 2.75) is 57.1 Å². The van der Waals surface area contributed by atoms with E-state index in [9.17, 15) is 18.8 Å². The summed E-state index contributed by atoms with van der Waals surface area (Å²) >= 11 is 0. The number of amides is 1. The summed E-state index contributed by atoms with van der Waals surface area (Å²) in [5, 5.41) is 9.71. The lowest BCUT2D eigenvalue weighted by Gasteiger charge is -2.29. The van der Waals surface area contributed by atoms with Gasteiger partial charge in [-0.15, -0.1) is 0 Å². The molecule has 25 heavy (non-hydrogen) atoms. The number of likely N-dealkylation sites (tertiary alicyclic amines) is 1. The third-order valence-electron chi connectivity index (χ3n) is 5.00. The first-order valence-corrected chi connectivity index (χ1v) is 8.46. The molecule has 1 aromatic carbocycles. The van der Waals surface area contributed by atoms with Gasteiger partial charge in [0.05, 0.1) is 17.5 Å². The maximum atomic E-state index is 13.0. The number of ether oxygens (including phenoxy) is 1. The van der Waals surface area contributed by atoms with Crippen molar-refractivity contribution in [1.29, 1.82) is 5.26 Å². The van der Waals surface area contributed by atoms with Crippen molar-refractivity contribution in [1.82, 2.24) is 4.90 Å². The molecule has 1 saturated heterocycles. The first-order valence-electron chi connectivity index (χ1n) is 8.46. The molecule has 0 radical (unpaired) electrons. The largest absolute Gasteiger partial charge is 0.444 e. The maximum Gasteiger partial charge on any atom is 0.410 e. The molecule has 2 aliphatic rings. The van der Waals surface area contributed by atoms with Crippen LogP contribution in [0, 0.1) is 17.2 Å². The fourth-order valence-electron chi connectivity index (χ4n) is 3.74. The van der Waals surface area contributed by atoms with Crippen molar-refractivity contribution in [2.75, 3.05) is 6.54 Å². The predicted molar refractivity (Wildman–Crippen MR) is 88.1 cm³/mol. The van der Waals surface area contributed by atoms with E-state index in [1.54, 1.807) is 37.8 Å². The minimum atomic E-state index is -2.56. The molecular formula is C19H22F2N2O2. The molecule has 2 fully saturated rings. The minimum Gasteiger partial charge on any atom is -0.444 e. The number of rotatable bonds is 2. The summed E-state index contributed by atoms with van der Waals surface area (Å²) in [6.07, 6.45) is -1.50. The van der Waals surface area contributed by atoms with Crippen LogP contribution in [0.4, 0.5) is 13.6 Å². The first kappa shape index (κ1) is 17.7. The van der Waals surface area contributed by atoms with E-state index in [4.69, 9.17) is 4.74 Å². The fraction of sp³-hybridized carbons (Fsp3) is 0.579. The van der Waals surface area contributed by atoms with Crippen molar-refractivity contribution in [3.8, 4) is 6.07 Å². The summed E-state index contributed by atoms with van der Waals surface area (Å²) in [6.45, 7) is 5.71. The van der Waals surface area contributed by atoms with Gasteiger partial charge in [0.1, 0.15) is 5.60 Å². The van der Waals surface area contributed by atoms with Crippen LogP contribution in [-0.2, 0) is 4.74 Å². The number of hydrogen-bond donors (Lipinski definition) is 0. The molecular weight excluding hydrogens is 326 g/mol. The van der Waals surface area contributed by atoms with E-state index < -0.39 is 29.6 Å². The first-order chi connectivity index (χ1) is 11.7. The molecule has 1 heterocycles. The zero-order valence-corrected chi connectivity index (χ0v) is 14.6. The Bertz CT molecular complexity index is 717. The highest BCUT2D eigenvalue weighted by Crippen LogP contribution is 2.58. The van der Waals surface area contributed by atoms with Crippen molar-refractivity contribution in [3.05, 3.63) is 35.4 Å². The zero-order chi connectivity index (χ0) is 18.4. The molecule has 1 amide bonds. The van der Waals surface area contributed by atoms with Crippen molar-refractivity contribution < 1.29 is 18.3 Å². The van der Waals surface area contributed by atoms with Crippen LogP contribution in [0.5, 0.6) is 0 Å². The lowest BCUT2D eigenvalue weighted by molar-refractivity contribution is 0.0190. The molecule has 1 spiro atoms. The topological polar surface area (TPSA) is 53.3 Å². The average Bonchev–Trinajstić information content (AvgIpc) is 3.22. The Balaban J connectivity index is 1.91. The van der Waals surface area contributed by atoms with Gasteiger partial charge in [0.15, 0.2) is 0 Å². The molecule has 1 aliphatic carbocycles. The van der Waals surface area contributed by atoms with Crippen LogP contribution in [0.1, 0.15) is 57.1 Å². The van der Waals surface area contributed by atoms with Crippen molar-refractivity contribution in [2.24, 2.45) is 5.92 Å². The number of halogens is 2. The highest BCUT2D eigenvalue weighted by Gasteiger charge is 2.64. The van der Waals surface area contributed by atoms with Gasteiger partial charge in [-0.05, 0) is 45.2 Å². The highest BCUT2D eigenvalue weighted by atomic mass is 19.3. The van der Waals surface area contributed by atoms with Gasteiger partial charge in [0, 0.05) is 18.0 Å². The van der Waals surface area contributed by atoms with Crippen LogP contribution in [-0.4, -0.2) is 28.7 Å². The van der Waals surface area contributed by atoms with Gasteiger partial charge < -0.3 is 9.64 Å². The molecule has 2 atom stereocenters. The molecule has 3 rings (SSSR count). The normalized spacial score (nSPS) is 24.4. The average molecular weight is 348 g/mol. The monoisotopic (exact) mass is 348 g/mol. The highest BCUT2D eigenvalue weighted by molar-refractivity contribution is 5.71. The van der Waals surface area contributed by atoms with Gasteiger partial charge >= 0.3 is 6.09 Å². The fourth-order valence-corrected chi connectivity index (χ4v) is 3.74. The van der Waals surface area contributed by atoms with Gasteiger partial charge in [-0.3, -0.25) is 0 Å². The lowest BCUT2D eigenvalue weighted by Crippen LogP contribution is -2.42. The zero-order valence-electron chi connectivity index (χ0n) is 14.6. The second kappa shape index (κ2) is 5.98. The van der Waals surface area contributed by atoms with Gasteiger partial charge in [-0.1, -0.05) is 18.2 Å².